The lowest BCUT2D eigenvalue weighted by molar-refractivity contribution is 0.122. The Morgan fingerprint density at radius 2 is 2.12 bits per heavy atom. The van der Waals surface area contributed by atoms with Gasteiger partial charge in [0.1, 0.15) is 0 Å². The number of ether oxygens (including phenoxy) is 1. The summed E-state index contributed by atoms with van der Waals surface area (Å²) in [4.78, 5) is 28.7. The van der Waals surface area contributed by atoms with E-state index >= 15 is 0 Å². The molecule has 2 aliphatic rings. The van der Waals surface area contributed by atoms with Crippen LogP contribution in [0.25, 0.3) is 0 Å². The van der Waals surface area contributed by atoms with Crippen LogP contribution in [-0.2, 0) is 24.2 Å². The summed E-state index contributed by atoms with van der Waals surface area (Å²) in [6.07, 6.45) is 4.45. The van der Waals surface area contributed by atoms with Gasteiger partial charge in [0.05, 0.1) is 24.5 Å². The van der Waals surface area contributed by atoms with Gasteiger partial charge in [0, 0.05) is 51.5 Å². The van der Waals surface area contributed by atoms with Crippen LogP contribution in [0.1, 0.15) is 16.8 Å². The zero-order valence-electron chi connectivity index (χ0n) is 13.6. The molecule has 126 valence electrons. The number of hydrogen-bond acceptors (Lipinski definition) is 6. The minimum Gasteiger partial charge on any atom is -0.378 e. The molecule has 0 aliphatic carbocycles. The summed E-state index contributed by atoms with van der Waals surface area (Å²) in [6.45, 7) is 5.25. The second kappa shape index (κ2) is 6.70. The molecule has 0 unspecified atom stereocenters. The topological polar surface area (TPSA) is 74.3 Å². The van der Waals surface area contributed by atoms with Crippen LogP contribution in [0.2, 0.25) is 0 Å². The molecule has 1 fully saturated rings. The van der Waals surface area contributed by atoms with Crippen molar-refractivity contribution in [2.45, 2.75) is 19.5 Å². The van der Waals surface area contributed by atoms with E-state index in [1.807, 2.05) is 12.3 Å². The number of fused-ring (bicyclic) bond motifs is 1. The number of hydrogen-bond donors (Lipinski definition) is 1. The predicted octanol–water partition coefficient (Wildman–Crippen LogP) is 0.560. The van der Waals surface area contributed by atoms with E-state index in [-0.39, 0.29) is 5.56 Å². The minimum absolute atomic E-state index is 0.0163. The third kappa shape index (κ3) is 3.18. The minimum atomic E-state index is -0.0163. The third-order valence-corrected chi connectivity index (χ3v) is 4.57. The second-order valence-corrected chi connectivity index (χ2v) is 6.24. The van der Waals surface area contributed by atoms with Crippen molar-refractivity contribution in [3.05, 3.63) is 51.7 Å². The number of nitrogens with one attached hydrogen (secondary N) is 1. The lowest BCUT2D eigenvalue weighted by atomic mass is 10.1. The van der Waals surface area contributed by atoms with E-state index in [1.165, 1.54) is 0 Å². The highest BCUT2D eigenvalue weighted by molar-refractivity contribution is 5.34. The predicted molar refractivity (Wildman–Crippen MR) is 89.9 cm³/mol. The molecule has 1 N–H and O–H groups in total. The van der Waals surface area contributed by atoms with Crippen molar-refractivity contribution in [3.8, 4) is 0 Å². The standard InChI is InChI=1S/C17H21N5O2/c23-16-14-12-21(11-13-2-1-4-18-10-13)5-3-15(14)19-17(20-16)22-6-8-24-9-7-22/h1-2,4,10H,3,5-9,11-12H2,(H,19,20,23). The molecule has 0 atom stereocenters. The Bertz CT molecular complexity index is 755. The van der Waals surface area contributed by atoms with Gasteiger partial charge in [0.2, 0.25) is 5.95 Å². The van der Waals surface area contributed by atoms with Crippen LogP contribution in [0.4, 0.5) is 5.95 Å². The molecule has 24 heavy (non-hydrogen) atoms. The average Bonchev–Trinajstić information content (AvgIpc) is 2.64. The smallest absolute Gasteiger partial charge is 0.257 e. The van der Waals surface area contributed by atoms with E-state index in [0.717, 1.165) is 49.4 Å². The number of nitrogens with zero attached hydrogens (tertiary/aromatic N) is 4. The number of aromatic nitrogens is 3. The monoisotopic (exact) mass is 327 g/mol. The molecule has 4 rings (SSSR count). The van der Waals surface area contributed by atoms with E-state index < -0.39 is 0 Å². The summed E-state index contributed by atoms with van der Waals surface area (Å²) in [6, 6.07) is 4.00. The van der Waals surface area contributed by atoms with Crippen LogP contribution in [0.15, 0.2) is 29.3 Å². The van der Waals surface area contributed by atoms with Gasteiger partial charge in [-0.05, 0) is 11.6 Å². The number of anilines is 1. The van der Waals surface area contributed by atoms with Crippen molar-refractivity contribution in [1.29, 1.82) is 0 Å². The van der Waals surface area contributed by atoms with Gasteiger partial charge >= 0.3 is 0 Å². The number of H-pyrrole nitrogens is 1. The van der Waals surface area contributed by atoms with Gasteiger partial charge < -0.3 is 9.64 Å². The fourth-order valence-electron chi connectivity index (χ4n) is 3.28. The molecular formula is C17H21N5O2. The summed E-state index contributed by atoms with van der Waals surface area (Å²) in [5, 5.41) is 0. The molecule has 4 heterocycles. The molecule has 2 aromatic rings. The fraction of sp³-hybridized carbons (Fsp3) is 0.471. The van der Waals surface area contributed by atoms with Gasteiger partial charge in [-0.25, -0.2) is 4.98 Å². The van der Waals surface area contributed by atoms with Crippen molar-refractivity contribution in [2.75, 3.05) is 37.7 Å². The van der Waals surface area contributed by atoms with E-state index in [9.17, 15) is 4.79 Å². The van der Waals surface area contributed by atoms with Crippen LogP contribution in [0, 0.1) is 0 Å². The summed E-state index contributed by atoms with van der Waals surface area (Å²) < 4.78 is 5.36. The maximum atomic E-state index is 12.5. The van der Waals surface area contributed by atoms with Gasteiger partial charge in [0.25, 0.3) is 5.56 Å². The quantitative estimate of drug-likeness (QED) is 0.888. The number of aromatic amines is 1. The molecule has 0 radical (unpaired) electrons. The number of rotatable bonds is 3. The van der Waals surface area contributed by atoms with Crippen molar-refractivity contribution in [2.24, 2.45) is 0 Å². The van der Waals surface area contributed by atoms with E-state index in [4.69, 9.17) is 9.72 Å². The highest BCUT2D eigenvalue weighted by Crippen LogP contribution is 2.18. The zero-order chi connectivity index (χ0) is 16.4. The molecular weight excluding hydrogens is 306 g/mol. The van der Waals surface area contributed by atoms with Crippen LogP contribution in [0.5, 0.6) is 0 Å². The molecule has 2 aliphatic heterocycles. The third-order valence-electron chi connectivity index (χ3n) is 4.57. The van der Waals surface area contributed by atoms with Crippen LogP contribution < -0.4 is 10.5 Å². The molecule has 0 aromatic carbocycles. The van der Waals surface area contributed by atoms with Crippen molar-refractivity contribution < 1.29 is 4.74 Å². The Balaban J connectivity index is 1.53. The zero-order valence-corrected chi connectivity index (χ0v) is 13.6. The van der Waals surface area contributed by atoms with Gasteiger partial charge in [0.15, 0.2) is 0 Å². The Morgan fingerprint density at radius 3 is 2.92 bits per heavy atom. The first-order valence-electron chi connectivity index (χ1n) is 8.35. The van der Waals surface area contributed by atoms with Crippen LogP contribution in [0.3, 0.4) is 0 Å². The molecule has 2 aromatic heterocycles. The Kier molecular flexibility index (Phi) is 4.27. The van der Waals surface area contributed by atoms with Crippen molar-refractivity contribution >= 4 is 5.95 Å². The first-order chi connectivity index (χ1) is 11.8. The molecule has 0 bridgehead atoms. The van der Waals surface area contributed by atoms with Gasteiger partial charge in [-0.15, -0.1) is 0 Å². The maximum absolute atomic E-state index is 12.5. The fourth-order valence-corrected chi connectivity index (χ4v) is 3.28. The summed E-state index contributed by atoms with van der Waals surface area (Å²) in [5.74, 6) is 0.683. The maximum Gasteiger partial charge on any atom is 0.257 e. The Morgan fingerprint density at radius 1 is 1.25 bits per heavy atom. The molecule has 0 amide bonds. The van der Waals surface area contributed by atoms with Crippen LogP contribution >= 0.6 is 0 Å². The van der Waals surface area contributed by atoms with Crippen molar-refractivity contribution in [3.63, 3.8) is 0 Å². The second-order valence-electron chi connectivity index (χ2n) is 6.24. The molecule has 1 saturated heterocycles. The van der Waals surface area contributed by atoms with Gasteiger partial charge in [-0.1, -0.05) is 6.07 Å². The van der Waals surface area contributed by atoms with E-state index in [2.05, 4.69) is 25.8 Å². The summed E-state index contributed by atoms with van der Waals surface area (Å²) in [5.41, 5.74) is 2.87. The number of morpholine rings is 1. The first kappa shape index (κ1) is 15.3. The summed E-state index contributed by atoms with van der Waals surface area (Å²) >= 11 is 0. The van der Waals surface area contributed by atoms with Crippen molar-refractivity contribution in [1.82, 2.24) is 19.9 Å². The normalized spacial score (nSPS) is 18.4. The summed E-state index contributed by atoms with van der Waals surface area (Å²) in [7, 11) is 0. The molecule has 0 saturated carbocycles. The lowest BCUT2D eigenvalue weighted by Gasteiger charge is -2.30. The lowest BCUT2D eigenvalue weighted by Crippen LogP contribution is -2.40. The highest BCUT2D eigenvalue weighted by atomic mass is 16.5. The largest absolute Gasteiger partial charge is 0.378 e. The average molecular weight is 327 g/mol. The number of pyridine rings is 1. The van der Waals surface area contributed by atoms with E-state index in [1.54, 1.807) is 6.20 Å². The van der Waals surface area contributed by atoms with Gasteiger partial charge in [-0.3, -0.25) is 19.7 Å². The molecule has 7 nitrogen and oxygen atoms in total. The Labute approximate surface area is 140 Å². The highest BCUT2D eigenvalue weighted by Gasteiger charge is 2.23. The van der Waals surface area contributed by atoms with E-state index in [0.29, 0.717) is 25.7 Å². The van der Waals surface area contributed by atoms with Crippen LogP contribution in [-0.4, -0.2) is 52.7 Å². The molecule has 0 spiro atoms. The molecule has 7 heteroatoms. The SMILES string of the molecule is O=c1[nH]c(N2CCOCC2)nc2c1CN(Cc1cccnc1)CC2. The van der Waals surface area contributed by atoms with Gasteiger partial charge in [-0.2, -0.15) is 0 Å². The first-order valence-corrected chi connectivity index (χ1v) is 8.35. The Hall–Kier alpha value is -2.25.